The van der Waals surface area contributed by atoms with Crippen molar-refractivity contribution in [3.63, 3.8) is 0 Å². The SMILES string of the molecule is Cc1cc(Nc2cc3c(cn2)CCNC3)nn1CC(=O)N(C)C. The minimum Gasteiger partial charge on any atom is -0.347 e. The number of carbonyl (C=O) groups excluding carboxylic acids is 1. The predicted octanol–water partition coefficient (Wildman–Crippen LogP) is 1.06. The van der Waals surface area contributed by atoms with E-state index in [-0.39, 0.29) is 12.5 Å². The fraction of sp³-hybridized carbons (Fsp3) is 0.438. The van der Waals surface area contributed by atoms with Gasteiger partial charge in [-0.05, 0) is 37.1 Å². The molecular formula is C16H22N6O. The maximum absolute atomic E-state index is 11.8. The van der Waals surface area contributed by atoms with Gasteiger partial charge in [0.25, 0.3) is 0 Å². The minimum absolute atomic E-state index is 0.0146. The van der Waals surface area contributed by atoms with Crippen LogP contribution in [0.2, 0.25) is 0 Å². The summed E-state index contributed by atoms with van der Waals surface area (Å²) in [5.74, 6) is 1.49. The van der Waals surface area contributed by atoms with Crippen molar-refractivity contribution in [2.75, 3.05) is 26.0 Å². The molecule has 3 rings (SSSR count). The molecule has 0 aromatic carbocycles. The Hall–Kier alpha value is -2.41. The molecule has 0 unspecified atom stereocenters. The molecule has 0 radical (unpaired) electrons. The van der Waals surface area contributed by atoms with Gasteiger partial charge in [-0.3, -0.25) is 9.48 Å². The van der Waals surface area contributed by atoms with Crippen LogP contribution in [0.3, 0.4) is 0 Å². The van der Waals surface area contributed by atoms with Crippen molar-refractivity contribution in [1.29, 1.82) is 0 Å². The van der Waals surface area contributed by atoms with Crippen LogP contribution >= 0.6 is 0 Å². The summed E-state index contributed by atoms with van der Waals surface area (Å²) in [7, 11) is 3.48. The molecule has 0 bridgehead atoms. The van der Waals surface area contributed by atoms with E-state index in [4.69, 9.17) is 0 Å². The summed E-state index contributed by atoms with van der Waals surface area (Å²) >= 11 is 0. The Morgan fingerprint density at radius 1 is 1.35 bits per heavy atom. The van der Waals surface area contributed by atoms with Crippen LogP contribution in [-0.4, -0.2) is 46.2 Å². The normalized spacial score (nSPS) is 13.5. The van der Waals surface area contributed by atoms with Gasteiger partial charge < -0.3 is 15.5 Å². The molecule has 3 heterocycles. The summed E-state index contributed by atoms with van der Waals surface area (Å²) in [6.07, 6.45) is 2.95. The number of nitrogens with one attached hydrogen (secondary N) is 2. The monoisotopic (exact) mass is 314 g/mol. The Kier molecular flexibility index (Phi) is 4.29. The molecule has 1 aliphatic heterocycles. The summed E-state index contributed by atoms with van der Waals surface area (Å²) < 4.78 is 1.70. The molecule has 7 heteroatoms. The molecule has 1 aliphatic rings. The maximum atomic E-state index is 11.8. The van der Waals surface area contributed by atoms with Crippen LogP contribution in [0.25, 0.3) is 0 Å². The molecule has 23 heavy (non-hydrogen) atoms. The lowest BCUT2D eigenvalue weighted by molar-refractivity contribution is -0.129. The van der Waals surface area contributed by atoms with Gasteiger partial charge in [0.1, 0.15) is 12.4 Å². The third-order valence-corrected chi connectivity index (χ3v) is 3.99. The summed E-state index contributed by atoms with van der Waals surface area (Å²) in [6, 6.07) is 3.98. The Morgan fingerprint density at radius 2 is 2.17 bits per heavy atom. The first kappa shape index (κ1) is 15.5. The highest BCUT2D eigenvalue weighted by Gasteiger charge is 2.12. The van der Waals surface area contributed by atoms with E-state index in [0.717, 1.165) is 31.0 Å². The van der Waals surface area contributed by atoms with Gasteiger partial charge in [-0.1, -0.05) is 0 Å². The molecule has 2 aromatic heterocycles. The van der Waals surface area contributed by atoms with E-state index in [0.29, 0.717) is 5.82 Å². The van der Waals surface area contributed by atoms with Crippen molar-refractivity contribution >= 4 is 17.5 Å². The first-order valence-corrected chi connectivity index (χ1v) is 7.73. The number of likely N-dealkylation sites (N-methyl/N-ethyl adjacent to an activating group) is 1. The molecule has 0 aliphatic carbocycles. The van der Waals surface area contributed by atoms with Crippen LogP contribution in [0.5, 0.6) is 0 Å². The number of aromatic nitrogens is 3. The second-order valence-electron chi connectivity index (χ2n) is 6.01. The number of amides is 1. The quantitative estimate of drug-likeness (QED) is 0.883. The van der Waals surface area contributed by atoms with Gasteiger partial charge in [-0.25, -0.2) is 4.98 Å². The number of nitrogens with zero attached hydrogens (tertiary/aromatic N) is 4. The Bertz CT molecular complexity index is 721. The molecule has 122 valence electrons. The zero-order valence-electron chi connectivity index (χ0n) is 13.8. The van der Waals surface area contributed by atoms with Gasteiger partial charge in [0.2, 0.25) is 5.91 Å². The van der Waals surface area contributed by atoms with Gasteiger partial charge in [-0.2, -0.15) is 5.10 Å². The zero-order valence-corrected chi connectivity index (χ0v) is 13.8. The lowest BCUT2D eigenvalue weighted by Gasteiger charge is -2.17. The van der Waals surface area contributed by atoms with E-state index in [1.54, 1.807) is 23.7 Å². The van der Waals surface area contributed by atoms with E-state index >= 15 is 0 Å². The van der Waals surface area contributed by atoms with Gasteiger partial charge in [0.05, 0.1) is 0 Å². The summed E-state index contributed by atoms with van der Waals surface area (Å²) in [6.45, 7) is 4.05. The van der Waals surface area contributed by atoms with Crippen LogP contribution in [0, 0.1) is 6.92 Å². The Balaban J connectivity index is 1.74. The number of fused-ring (bicyclic) bond motifs is 1. The number of hydrogen-bond donors (Lipinski definition) is 2. The Morgan fingerprint density at radius 3 is 2.96 bits per heavy atom. The van der Waals surface area contributed by atoms with Crippen LogP contribution < -0.4 is 10.6 Å². The number of pyridine rings is 1. The standard InChI is InChI=1S/C16H22N6O/c1-11-6-15(20-22(11)10-16(23)21(2)3)19-14-7-13-8-17-5-4-12(13)9-18-14/h6-7,9,17H,4-5,8,10H2,1-3H3,(H,18,19,20). The second-order valence-corrected chi connectivity index (χ2v) is 6.01. The molecule has 7 nitrogen and oxygen atoms in total. The van der Waals surface area contributed by atoms with Crippen molar-refractivity contribution in [3.05, 3.63) is 35.2 Å². The van der Waals surface area contributed by atoms with E-state index in [1.165, 1.54) is 11.1 Å². The van der Waals surface area contributed by atoms with Crippen molar-refractivity contribution < 1.29 is 4.79 Å². The fourth-order valence-corrected chi connectivity index (χ4v) is 2.56. The topological polar surface area (TPSA) is 75.1 Å². The average Bonchev–Trinajstić information content (AvgIpc) is 2.86. The minimum atomic E-state index is 0.0146. The maximum Gasteiger partial charge on any atom is 0.243 e. The first-order chi connectivity index (χ1) is 11.0. The third-order valence-electron chi connectivity index (χ3n) is 3.99. The molecule has 2 N–H and O–H groups in total. The number of hydrogen-bond acceptors (Lipinski definition) is 5. The van der Waals surface area contributed by atoms with E-state index in [1.807, 2.05) is 19.2 Å². The van der Waals surface area contributed by atoms with Gasteiger partial charge in [-0.15, -0.1) is 0 Å². The van der Waals surface area contributed by atoms with Gasteiger partial charge in [0, 0.05) is 38.6 Å². The van der Waals surface area contributed by atoms with Crippen LogP contribution in [0.1, 0.15) is 16.8 Å². The lowest BCUT2D eigenvalue weighted by atomic mass is 10.0. The third kappa shape index (κ3) is 3.50. The van der Waals surface area contributed by atoms with Gasteiger partial charge in [0.15, 0.2) is 5.82 Å². The first-order valence-electron chi connectivity index (χ1n) is 7.73. The zero-order chi connectivity index (χ0) is 16.4. The van der Waals surface area contributed by atoms with Crippen LogP contribution in [0.4, 0.5) is 11.6 Å². The summed E-state index contributed by atoms with van der Waals surface area (Å²) in [4.78, 5) is 17.8. The number of carbonyl (C=O) groups is 1. The molecule has 2 aromatic rings. The molecule has 0 saturated heterocycles. The van der Waals surface area contributed by atoms with Crippen LogP contribution in [-0.2, 0) is 24.3 Å². The largest absolute Gasteiger partial charge is 0.347 e. The molecule has 0 saturated carbocycles. The van der Waals surface area contributed by atoms with E-state index in [2.05, 4.69) is 26.8 Å². The lowest BCUT2D eigenvalue weighted by Crippen LogP contribution is -2.27. The van der Waals surface area contributed by atoms with E-state index in [9.17, 15) is 4.79 Å². The average molecular weight is 314 g/mol. The predicted molar refractivity (Wildman–Crippen MR) is 88.6 cm³/mol. The highest BCUT2D eigenvalue weighted by Crippen LogP contribution is 2.19. The van der Waals surface area contributed by atoms with Crippen molar-refractivity contribution in [2.45, 2.75) is 26.4 Å². The van der Waals surface area contributed by atoms with Crippen molar-refractivity contribution in [3.8, 4) is 0 Å². The highest BCUT2D eigenvalue weighted by molar-refractivity contribution is 5.75. The number of rotatable bonds is 4. The van der Waals surface area contributed by atoms with Crippen molar-refractivity contribution in [1.82, 2.24) is 25.0 Å². The van der Waals surface area contributed by atoms with Crippen LogP contribution in [0.15, 0.2) is 18.3 Å². The molecule has 0 fully saturated rings. The Labute approximate surface area is 135 Å². The molecule has 0 atom stereocenters. The van der Waals surface area contributed by atoms with E-state index < -0.39 is 0 Å². The molecular weight excluding hydrogens is 292 g/mol. The summed E-state index contributed by atoms with van der Waals surface area (Å²) in [5.41, 5.74) is 3.50. The highest BCUT2D eigenvalue weighted by atomic mass is 16.2. The van der Waals surface area contributed by atoms with Crippen molar-refractivity contribution in [2.24, 2.45) is 0 Å². The molecule has 1 amide bonds. The number of anilines is 2. The second kappa shape index (κ2) is 6.37. The number of aryl methyl sites for hydroxylation is 1. The van der Waals surface area contributed by atoms with Gasteiger partial charge >= 0.3 is 0 Å². The fourth-order valence-electron chi connectivity index (χ4n) is 2.56. The summed E-state index contributed by atoms with van der Waals surface area (Å²) in [5, 5.41) is 11.0. The smallest absolute Gasteiger partial charge is 0.243 e. The molecule has 0 spiro atoms.